The quantitative estimate of drug-likeness (QED) is 0.424. The number of aromatic amines is 1. The maximum Gasteiger partial charge on any atom is 0.331 e. The van der Waals surface area contributed by atoms with Crippen molar-refractivity contribution < 1.29 is 18.7 Å². The smallest absolute Gasteiger partial charge is 0.331 e. The number of ketones is 1. The number of aromatic nitrogens is 2. The molecule has 0 spiro atoms. The van der Waals surface area contributed by atoms with E-state index in [2.05, 4.69) is 0 Å². The van der Waals surface area contributed by atoms with Crippen LogP contribution < -0.4 is 17.0 Å². The van der Waals surface area contributed by atoms with Crippen LogP contribution in [0, 0.1) is 0 Å². The number of hydrogen-bond acceptors (Lipinski definition) is 7. The Hall–Kier alpha value is -3.36. The average molecular weight is 347 g/mol. The van der Waals surface area contributed by atoms with E-state index in [4.69, 9.17) is 14.9 Å². The molecule has 9 heteroatoms. The highest BCUT2D eigenvalue weighted by Crippen LogP contribution is 2.07. The Balaban J connectivity index is 2.10. The highest BCUT2D eigenvalue weighted by Gasteiger charge is 2.20. The summed E-state index contributed by atoms with van der Waals surface area (Å²) in [5, 5.41) is 0. The van der Waals surface area contributed by atoms with Gasteiger partial charge in [0, 0.05) is 12.6 Å². The first kappa shape index (κ1) is 18.0. The molecule has 0 aromatic carbocycles. The van der Waals surface area contributed by atoms with Crippen LogP contribution in [0.1, 0.15) is 29.5 Å². The van der Waals surface area contributed by atoms with Crippen molar-refractivity contribution in [2.45, 2.75) is 19.9 Å². The Morgan fingerprint density at radius 3 is 2.80 bits per heavy atom. The van der Waals surface area contributed by atoms with Gasteiger partial charge in [-0.2, -0.15) is 0 Å². The van der Waals surface area contributed by atoms with E-state index in [1.807, 2.05) is 11.9 Å². The SMILES string of the molecule is CCCn1c(N)c(C(=O)COC(=O)/C=C/c2ccco2)c(=O)[nH]c1=O. The number of anilines is 1. The topological polar surface area (TPSA) is 137 Å². The third kappa shape index (κ3) is 4.34. The second-order valence-corrected chi connectivity index (χ2v) is 5.05. The van der Waals surface area contributed by atoms with Crippen LogP contribution >= 0.6 is 0 Å². The molecule has 2 aromatic heterocycles. The van der Waals surface area contributed by atoms with Crippen molar-refractivity contribution in [3.8, 4) is 0 Å². The molecule has 0 saturated heterocycles. The zero-order valence-corrected chi connectivity index (χ0v) is 13.5. The molecule has 9 nitrogen and oxygen atoms in total. The largest absolute Gasteiger partial charge is 0.465 e. The van der Waals surface area contributed by atoms with Gasteiger partial charge in [0.05, 0.1) is 6.26 Å². The predicted octanol–water partition coefficient (Wildman–Crippen LogP) is 0.561. The Bertz CT molecular complexity index is 905. The van der Waals surface area contributed by atoms with E-state index in [0.29, 0.717) is 12.2 Å². The summed E-state index contributed by atoms with van der Waals surface area (Å²) < 4.78 is 10.9. The molecule has 2 rings (SSSR count). The van der Waals surface area contributed by atoms with Gasteiger partial charge in [0.25, 0.3) is 5.56 Å². The van der Waals surface area contributed by atoms with Gasteiger partial charge in [-0.3, -0.25) is 19.1 Å². The molecule has 0 unspecified atom stereocenters. The summed E-state index contributed by atoms with van der Waals surface area (Å²) in [5.74, 6) is -1.40. The first-order valence-corrected chi connectivity index (χ1v) is 7.48. The monoisotopic (exact) mass is 347 g/mol. The lowest BCUT2D eigenvalue weighted by molar-refractivity contribution is -0.136. The molecule has 0 saturated carbocycles. The van der Waals surface area contributed by atoms with Crippen LogP contribution in [0.2, 0.25) is 0 Å². The molecule has 0 atom stereocenters. The molecule has 132 valence electrons. The van der Waals surface area contributed by atoms with E-state index >= 15 is 0 Å². The summed E-state index contributed by atoms with van der Waals surface area (Å²) in [7, 11) is 0. The number of nitrogens with zero attached hydrogens (tertiary/aromatic N) is 1. The number of rotatable bonds is 7. The summed E-state index contributed by atoms with van der Waals surface area (Å²) >= 11 is 0. The van der Waals surface area contributed by atoms with Crippen LogP contribution in [0.5, 0.6) is 0 Å². The van der Waals surface area contributed by atoms with Gasteiger partial charge >= 0.3 is 11.7 Å². The zero-order valence-electron chi connectivity index (χ0n) is 13.5. The second-order valence-electron chi connectivity index (χ2n) is 5.05. The van der Waals surface area contributed by atoms with E-state index in [9.17, 15) is 19.2 Å². The van der Waals surface area contributed by atoms with Crippen LogP contribution in [0.25, 0.3) is 6.08 Å². The van der Waals surface area contributed by atoms with Gasteiger partial charge in [-0.25, -0.2) is 9.59 Å². The molecule has 0 bridgehead atoms. The van der Waals surface area contributed by atoms with Crippen LogP contribution in [-0.4, -0.2) is 27.9 Å². The van der Waals surface area contributed by atoms with Crippen LogP contribution in [0.3, 0.4) is 0 Å². The van der Waals surface area contributed by atoms with Crippen molar-refractivity contribution in [1.82, 2.24) is 9.55 Å². The Kier molecular flexibility index (Phi) is 5.72. The molecule has 0 aliphatic heterocycles. The Morgan fingerprint density at radius 2 is 2.16 bits per heavy atom. The van der Waals surface area contributed by atoms with Gasteiger partial charge in [0.2, 0.25) is 5.78 Å². The summed E-state index contributed by atoms with van der Waals surface area (Å²) in [5.41, 5.74) is 3.74. The fourth-order valence-corrected chi connectivity index (χ4v) is 2.10. The fraction of sp³-hybridized carbons (Fsp3) is 0.250. The normalized spacial score (nSPS) is 10.9. The summed E-state index contributed by atoms with van der Waals surface area (Å²) in [6.07, 6.45) is 4.47. The second kappa shape index (κ2) is 7.95. The van der Waals surface area contributed by atoms with Gasteiger partial charge < -0.3 is 14.9 Å². The number of hydrogen-bond donors (Lipinski definition) is 2. The van der Waals surface area contributed by atoms with Crippen LogP contribution in [0.4, 0.5) is 5.82 Å². The maximum absolute atomic E-state index is 12.2. The summed E-state index contributed by atoms with van der Waals surface area (Å²) in [6.45, 7) is 1.37. The van der Waals surface area contributed by atoms with Gasteiger partial charge in [0.1, 0.15) is 17.1 Å². The number of furan rings is 1. The van der Waals surface area contributed by atoms with Gasteiger partial charge in [-0.1, -0.05) is 6.92 Å². The van der Waals surface area contributed by atoms with Crippen molar-refractivity contribution in [3.63, 3.8) is 0 Å². The molecule has 0 radical (unpaired) electrons. The average Bonchev–Trinajstić information content (AvgIpc) is 3.08. The van der Waals surface area contributed by atoms with Crippen LogP contribution in [0.15, 0.2) is 38.5 Å². The molecular weight excluding hydrogens is 330 g/mol. The van der Waals surface area contributed by atoms with E-state index in [-0.39, 0.29) is 12.4 Å². The number of carbonyl (C=O) groups excluding carboxylic acids is 2. The minimum absolute atomic E-state index is 0.243. The molecular formula is C16H17N3O6. The van der Waals surface area contributed by atoms with E-state index in [1.165, 1.54) is 12.3 Å². The van der Waals surface area contributed by atoms with Crippen molar-refractivity contribution in [2.75, 3.05) is 12.3 Å². The molecule has 0 aliphatic rings. The maximum atomic E-state index is 12.2. The number of H-pyrrole nitrogens is 1. The van der Waals surface area contributed by atoms with Gasteiger partial charge in [0.15, 0.2) is 6.61 Å². The standard InChI is InChI=1S/C16H17N3O6/c1-2-7-19-14(17)13(15(22)18-16(19)23)11(20)9-25-12(21)6-5-10-4-3-8-24-10/h3-6,8H,2,7,9,17H2,1H3,(H,18,22,23)/b6-5+. The minimum atomic E-state index is -0.915. The summed E-state index contributed by atoms with van der Waals surface area (Å²) in [4.78, 5) is 49.3. The lowest BCUT2D eigenvalue weighted by Gasteiger charge is -2.10. The summed E-state index contributed by atoms with van der Waals surface area (Å²) in [6, 6.07) is 3.28. The minimum Gasteiger partial charge on any atom is -0.465 e. The molecule has 2 aromatic rings. The van der Waals surface area contributed by atoms with Crippen molar-refractivity contribution in [2.24, 2.45) is 0 Å². The molecule has 2 heterocycles. The van der Waals surface area contributed by atoms with Crippen LogP contribution in [-0.2, 0) is 16.1 Å². The first-order valence-electron chi connectivity index (χ1n) is 7.48. The number of esters is 1. The lowest BCUT2D eigenvalue weighted by atomic mass is 10.2. The molecule has 3 N–H and O–H groups in total. The third-order valence-corrected chi connectivity index (χ3v) is 3.24. The predicted molar refractivity (Wildman–Crippen MR) is 89.1 cm³/mol. The van der Waals surface area contributed by atoms with Gasteiger partial charge in [-0.15, -0.1) is 0 Å². The first-order chi connectivity index (χ1) is 11.9. The molecule has 0 fully saturated rings. The number of nitrogens with one attached hydrogen (secondary N) is 1. The highest BCUT2D eigenvalue weighted by atomic mass is 16.5. The molecule has 0 amide bonds. The Labute approximate surface area is 141 Å². The van der Waals surface area contributed by atoms with Gasteiger partial charge in [-0.05, 0) is 24.6 Å². The number of nitrogens with two attached hydrogens (primary N) is 1. The van der Waals surface area contributed by atoms with Crippen molar-refractivity contribution >= 4 is 23.6 Å². The van der Waals surface area contributed by atoms with E-state index < -0.39 is 35.2 Å². The lowest BCUT2D eigenvalue weighted by Crippen LogP contribution is -2.37. The fourth-order valence-electron chi connectivity index (χ4n) is 2.10. The molecule has 0 aliphatic carbocycles. The third-order valence-electron chi connectivity index (χ3n) is 3.24. The number of Topliss-reactive ketones (excluding diaryl/α,β-unsaturated/α-hetero) is 1. The molecule has 25 heavy (non-hydrogen) atoms. The zero-order chi connectivity index (χ0) is 18.4. The number of ether oxygens (including phenoxy) is 1. The number of nitrogen functional groups attached to an aromatic ring is 1. The Morgan fingerprint density at radius 1 is 1.40 bits per heavy atom. The van der Waals surface area contributed by atoms with E-state index in [1.54, 1.807) is 12.1 Å². The van der Waals surface area contributed by atoms with Crippen molar-refractivity contribution in [3.05, 3.63) is 56.6 Å². The van der Waals surface area contributed by atoms with E-state index in [0.717, 1.165) is 10.6 Å². The van der Waals surface area contributed by atoms with Crippen molar-refractivity contribution in [1.29, 1.82) is 0 Å². The highest BCUT2D eigenvalue weighted by molar-refractivity contribution is 6.01. The number of carbonyl (C=O) groups is 2.